The Balaban J connectivity index is 2.35. The van der Waals surface area contributed by atoms with Crippen LogP contribution >= 0.6 is 11.6 Å². The largest absolute Gasteiger partial charge is 0.324 e. The maximum absolute atomic E-state index is 11.2. The fraction of sp³-hybridized carbons (Fsp3) is 0.0909. The zero-order valence-electron chi connectivity index (χ0n) is 8.40. The van der Waals surface area contributed by atoms with Gasteiger partial charge in [-0.2, -0.15) is 5.10 Å². The van der Waals surface area contributed by atoms with E-state index in [1.807, 2.05) is 24.3 Å². The Labute approximate surface area is 97.6 Å². The highest BCUT2D eigenvalue weighted by Crippen LogP contribution is 2.26. The van der Waals surface area contributed by atoms with Gasteiger partial charge in [0.1, 0.15) is 5.88 Å². The lowest BCUT2D eigenvalue weighted by Crippen LogP contribution is -2.13. The quantitative estimate of drug-likeness (QED) is 0.802. The first-order chi connectivity index (χ1) is 7.81. The molecule has 82 valence electrons. The molecule has 0 saturated heterocycles. The van der Waals surface area contributed by atoms with Crippen molar-refractivity contribution >= 4 is 23.2 Å². The van der Waals surface area contributed by atoms with Crippen molar-refractivity contribution in [1.82, 2.24) is 10.2 Å². The van der Waals surface area contributed by atoms with Crippen molar-refractivity contribution in [3.05, 3.63) is 36.7 Å². The molecule has 1 heterocycles. The summed E-state index contributed by atoms with van der Waals surface area (Å²) in [6.45, 7) is 0. The lowest BCUT2D eigenvalue weighted by molar-refractivity contribution is -0.113. The molecule has 2 rings (SSSR count). The van der Waals surface area contributed by atoms with Crippen molar-refractivity contribution in [1.29, 1.82) is 0 Å². The first-order valence-electron chi connectivity index (χ1n) is 4.75. The summed E-state index contributed by atoms with van der Waals surface area (Å²) < 4.78 is 0. The SMILES string of the molecule is O=C(CCl)Nc1ccccc1-c1cn[nH]c1. The number of para-hydroxylation sites is 1. The van der Waals surface area contributed by atoms with Gasteiger partial charge >= 0.3 is 0 Å². The van der Waals surface area contributed by atoms with E-state index in [9.17, 15) is 4.79 Å². The van der Waals surface area contributed by atoms with E-state index < -0.39 is 0 Å². The lowest BCUT2D eigenvalue weighted by Gasteiger charge is -2.08. The number of carbonyl (C=O) groups is 1. The zero-order valence-corrected chi connectivity index (χ0v) is 9.16. The van der Waals surface area contributed by atoms with Crippen molar-refractivity contribution in [3.8, 4) is 11.1 Å². The third kappa shape index (κ3) is 2.23. The summed E-state index contributed by atoms with van der Waals surface area (Å²) in [7, 11) is 0. The van der Waals surface area contributed by atoms with Gasteiger partial charge in [0.25, 0.3) is 0 Å². The minimum atomic E-state index is -0.224. The smallest absolute Gasteiger partial charge is 0.239 e. The predicted molar refractivity (Wildman–Crippen MR) is 63.4 cm³/mol. The van der Waals surface area contributed by atoms with E-state index in [1.54, 1.807) is 12.4 Å². The van der Waals surface area contributed by atoms with Crippen LogP contribution in [0.2, 0.25) is 0 Å². The number of hydrogen-bond donors (Lipinski definition) is 2. The molecule has 2 aromatic rings. The third-order valence-electron chi connectivity index (χ3n) is 2.13. The molecule has 0 unspecified atom stereocenters. The number of anilines is 1. The minimum absolute atomic E-state index is 0.0558. The van der Waals surface area contributed by atoms with Crippen LogP contribution in [0, 0.1) is 0 Å². The maximum atomic E-state index is 11.2. The second-order valence-electron chi connectivity index (χ2n) is 3.21. The van der Waals surface area contributed by atoms with E-state index in [1.165, 1.54) is 0 Å². The standard InChI is InChI=1S/C11H10ClN3O/c12-5-11(16)15-10-4-2-1-3-9(10)8-6-13-14-7-8/h1-4,6-7H,5H2,(H,13,14)(H,15,16). The van der Waals surface area contributed by atoms with Gasteiger partial charge in [-0.1, -0.05) is 18.2 Å². The Kier molecular flexibility index (Phi) is 3.22. The van der Waals surface area contributed by atoms with Gasteiger partial charge in [-0.05, 0) is 6.07 Å². The van der Waals surface area contributed by atoms with Crippen LogP contribution in [0.5, 0.6) is 0 Å². The molecular formula is C11H10ClN3O. The maximum Gasteiger partial charge on any atom is 0.239 e. The van der Waals surface area contributed by atoms with Crippen molar-refractivity contribution < 1.29 is 4.79 Å². The number of halogens is 1. The molecule has 0 atom stereocenters. The van der Waals surface area contributed by atoms with Gasteiger partial charge in [0.2, 0.25) is 5.91 Å². The fourth-order valence-corrected chi connectivity index (χ4v) is 1.49. The van der Waals surface area contributed by atoms with Crippen LogP contribution in [0.4, 0.5) is 5.69 Å². The topological polar surface area (TPSA) is 57.8 Å². The first kappa shape index (κ1) is 10.7. The molecule has 5 heteroatoms. The highest BCUT2D eigenvalue weighted by atomic mass is 35.5. The Bertz CT molecular complexity index is 482. The summed E-state index contributed by atoms with van der Waals surface area (Å²) >= 11 is 5.45. The van der Waals surface area contributed by atoms with Gasteiger partial charge in [0.15, 0.2) is 0 Å². The van der Waals surface area contributed by atoms with Gasteiger partial charge in [0, 0.05) is 23.0 Å². The van der Waals surface area contributed by atoms with Crippen LogP contribution < -0.4 is 5.32 Å². The molecule has 0 saturated carbocycles. The zero-order chi connectivity index (χ0) is 11.4. The van der Waals surface area contributed by atoms with Crippen molar-refractivity contribution in [2.45, 2.75) is 0 Å². The van der Waals surface area contributed by atoms with Crippen LogP contribution in [-0.2, 0) is 4.79 Å². The van der Waals surface area contributed by atoms with E-state index in [2.05, 4.69) is 15.5 Å². The van der Waals surface area contributed by atoms with Gasteiger partial charge < -0.3 is 5.32 Å². The third-order valence-corrected chi connectivity index (χ3v) is 2.37. The molecule has 0 radical (unpaired) electrons. The van der Waals surface area contributed by atoms with Gasteiger partial charge in [0.05, 0.1) is 6.20 Å². The summed E-state index contributed by atoms with van der Waals surface area (Å²) in [6.07, 6.45) is 3.47. The monoisotopic (exact) mass is 235 g/mol. The van der Waals surface area contributed by atoms with Crippen LogP contribution in [0.1, 0.15) is 0 Å². The molecular weight excluding hydrogens is 226 g/mol. The fourth-order valence-electron chi connectivity index (χ4n) is 1.43. The Morgan fingerprint density at radius 1 is 1.44 bits per heavy atom. The Morgan fingerprint density at radius 2 is 2.25 bits per heavy atom. The summed E-state index contributed by atoms with van der Waals surface area (Å²) in [5.74, 6) is -0.280. The molecule has 0 spiro atoms. The van der Waals surface area contributed by atoms with Gasteiger partial charge in [-0.25, -0.2) is 0 Å². The van der Waals surface area contributed by atoms with E-state index >= 15 is 0 Å². The Morgan fingerprint density at radius 3 is 2.94 bits per heavy atom. The highest BCUT2D eigenvalue weighted by molar-refractivity contribution is 6.29. The van der Waals surface area contributed by atoms with E-state index in [4.69, 9.17) is 11.6 Å². The number of alkyl halides is 1. The number of hydrogen-bond acceptors (Lipinski definition) is 2. The number of benzene rings is 1. The average Bonchev–Trinajstić information content (AvgIpc) is 2.83. The van der Waals surface area contributed by atoms with Crippen molar-refractivity contribution in [2.75, 3.05) is 11.2 Å². The lowest BCUT2D eigenvalue weighted by atomic mass is 10.1. The van der Waals surface area contributed by atoms with Crippen molar-refractivity contribution in [2.24, 2.45) is 0 Å². The molecule has 0 aliphatic rings. The van der Waals surface area contributed by atoms with E-state index in [-0.39, 0.29) is 11.8 Å². The second kappa shape index (κ2) is 4.81. The summed E-state index contributed by atoms with van der Waals surface area (Å²) in [6, 6.07) is 7.49. The number of amides is 1. The molecule has 2 N–H and O–H groups in total. The minimum Gasteiger partial charge on any atom is -0.324 e. The number of carbonyl (C=O) groups excluding carboxylic acids is 1. The van der Waals surface area contributed by atoms with Gasteiger partial charge in [-0.15, -0.1) is 11.6 Å². The van der Waals surface area contributed by atoms with E-state index in [0.717, 1.165) is 16.8 Å². The molecule has 0 aliphatic heterocycles. The molecule has 0 bridgehead atoms. The summed E-state index contributed by atoms with van der Waals surface area (Å²) in [5, 5.41) is 9.35. The van der Waals surface area contributed by atoms with Crippen LogP contribution in [0.25, 0.3) is 11.1 Å². The number of aromatic amines is 1. The van der Waals surface area contributed by atoms with Crippen molar-refractivity contribution in [3.63, 3.8) is 0 Å². The Hall–Kier alpha value is -1.81. The normalized spacial score (nSPS) is 10.1. The van der Waals surface area contributed by atoms with Crippen LogP contribution in [-0.4, -0.2) is 22.0 Å². The molecule has 1 amide bonds. The highest BCUT2D eigenvalue weighted by Gasteiger charge is 2.07. The molecule has 4 nitrogen and oxygen atoms in total. The predicted octanol–water partition coefficient (Wildman–Crippen LogP) is 2.25. The van der Waals surface area contributed by atoms with E-state index in [0.29, 0.717) is 0 Å². The first-order valence-corrected chi connectivity index (χ1v) is 5.28. The molecule has 0 aliphatic carbocycles. The number of aromatic nitrogens is 2. The number of H-pyrrole nitrogens is 1. The van der Waals surface area contributed by atoms with Gasteiger partial charge in [-0.3, -0.25) is 9.89 Å². The number of nitrogens with zero attached hydrogens (tertiary/aromatic N) is 1. The number of rotatable bonds is 3. The summed E-state index contributed by atoms with van der Waals surface area (Å²) in [4.78, 5) is 11.2. The number of nitrogens with one attached hydrogen (secondary N) is 2. The molecule has 0 fully saturated rings. The molecule has 1 aromatic heterocycles. The molecule has 16 heavy (non-hydrogen) atoms. The van der Waals surface area contributed by atoms with Crippen LogP contribution in [0.3, 0.4) is 0 Å². The average molecular weight is 236 g/mol. The molecule has 1 aromatic carbocycles. The van der Waals surface area contributed by atoms with Crippen LogP contribution in [0.15, 0.2) is 36.7 Å². The second-order valence-corrected chi connectivity index (χ2v) is 3.48. The summed E-state index contributed by atoms with van der Waals surface area (Å²) in [5.41, 5.74) is 2.56.